The lowest BCUT2D eigenvalue weighted by Crippen LogP contribution is -2.33. The molecule has 1 fully saturated rings. The van der Waals surface area contributed by atoms with Crippen LogP contribution in [0.3, 0.4) is 0 Å². The van der Waals surface area contributed by atoms with E-state index in [-0.39, 0.29) is 6.10 Å². The lowest BCUT2D eigenvalue weighted by Gasteiger charge is -2.24. The Morgan fingerprint density at radius 3 is 2.79 bits per heavy atom. The zero-order valence-electron chi connectivity index (χ0n) is 12.7. The van der Waals surface area contributed by atoms with Crippen molar-refractivity contribution in [3.05, 3.63) is 52.3 Å². The Morgan fingerprint density at radius 1 is 1.25 bits per heavy atom. The number of benzene rings is 1. The van der Waals surface area contributed by atoms with E-state index in [2.05, 4.69) is 20.9 Å². The number of nitrogens with zero attached hydrogens (tertiary/aromatic N) is 1. The van der Waals surface area contributed by atoms with Gasteiger partial charge in [0.05, 0.1) is 29.2 Å². The maximum Gasteiger partial charge on any atom is 0.323 e. The predicted molar refractivity (Wildman–Crippen MR) is 94.9 cm³/mol. The van der Waals surface area contributed by atoms with E-state index in [1.165, 1.54) is 0 Å². The van der Waals surface area contributed by atoms with Gasteiger partial charge in [0, 0.05) is 23.8 Å². The Morgan fingerprint density at radius 2 is 2.08 bits per heavy atom. The highest BCUT2D eigenvalue weighted by atomic mass is 35.5. The number of urea groups is 1. The summed E-state index contributed by atoms with van der Waals surface area (Å²) in [5.41, 5.74) is 1.74. The molecule has 1 aliphatic rings. The van der Waals surface area contributed by atoms with Gasteiger partial charge in [-0.25, -0.2) is 4.79 Å². The van der Waals surface area contributed by atoms with Crippen LogP contribution < -0.4 is 16.0 Å². The molecule has 2 amide bonds. The van der Waals surface area contributed by atoms with E-state index in [9.17, 15) is 4.79 Å². The maximum absolute atomic E-state index is 12.0. The molecule has 1 atom stereocenters. The molecule has 1 unspecified atom stereocenters. The minimum atomic E-state index is -0.404. The second-order valence-corrected chi connectivity index (χ2v) is 6.09. The van der Waals surface area contributed by atoms with E-state index in [0.29, 0.717) is 40.3 Å². The zero-order valence-corrected chi connectivity index (χ0v) is 14.2. The first kappa shape index (κ1) is 17.0. The standard InChI is InChI=1S/C16H16Cl2N4O2/c17-10-2-1-3-11(6-10)21-16(23)22-12-7-13(18)15(20-8-12)14-9-19-4-5-24-14/h1-3,6-8,14,19H,4-5,9H2,(H2,21,22,23). The highest BCUT2D eigenvalue weighted by Crippen LogP contribution is 2.27. The average Bonchev–Trinajstić information content (AvgIpc) is 2.55. The second-order valence-electron chi connectivity index (χ2n) is 5.24. The fraction of sp³-hybridized carbons (Fsp3) is 0.250. The van der Waals surface area contributed by atoms with Gasteiger partial charge in [-0.2, -0.15) is 0 Å². The van der Waals surface area contributed by atoms with E-state index in [1.807, 2.05) is 0 Å². The number of carbonyl (C=O) groups excluding carboxylic acids is 1. The van der Waals surface area contributed by atoms with Gasteiger partial charge in [0.25, 0.3) is 0 Å². The fourth-order valence-corrected chi connectivity index (χ4v) is 2.83. The van der Waals surface area contributed by atoms with Crippen LogP contribution in [0.15, 0.2) is 36.5 Å². The number of aromatic nitrogens is 1. The quantitative estimate of drug-likeness (QED) is 0.774. The highest BCUT2D eigenvalue weighted by molar-refractivity contribution is 6.31. The van der Waals surface area contributed by atoms with Crippen molar-refractivity contribution in [1.29, 1.82) is 0 Å². The number of amides is 2. The van der Waals surface area contributed by atoms with Crippen molar-refractivity contribution >= 4 is 40.6 Å². The van der Waals surface area contributed by atoms with Crippen molar-refractivity contribution in [2.75, 3.05) is 30.3 Å². The van der Waals surface area contributed by atoms with Crippen LogP contribution in [0, 0.1) is 0 Å². The predicted octanol–water partition coefficient (Wildman–Crippen LogP) is 3.69. The SMILES string of the molecule is O=C(Nc1cccc(Cl)c1)Nc1cnc(C2CNCCO2)c(Cl)c1. The molecule has 2 heterocycles. The fourth-order valence-electron chi connectivity index (χ4n) is 2.35. The minimum Gasteiger partial charge on any atom is -0.369 e. The first-order valence-electron chi connectivity index (χ1n) is 7.43. The molecule has 1 saturated heterocycles. The van der Waals surface area contributed by atoms with Crippen LogP contribution in [0.4, 0.5) is 16.2 Å². The summed E-state index contributed by atoms with van der Waals surface area (Å²) in [5.74, 6) is 0. The van der Waals surface area contributed by atoms with Crippen LogP contribution in [-0.4, -0.2) is 30.7 Å². The Kier molecular flexibility index (Phi) is 5.52. The molecule has 0 spiro atoms. The molecule has 1 aliphatic heterocycles. The summed E-state index contributed by atoms with van der Waals surface area (Å²) in [5, 5.41) is 9.59. The normalized spacial score (nSPS) is 17.3. The third-order valence-corrected chi connectivity index (χ3v) is 3.98. The van der Waals surface area contributed by atoms with E-state index < -0.39 is 6.03 Å². The van der Waals surface area contributed by atoms with Gasteiger partial charge in [-0.1, -0.05) is 29.3 Å². The van der Waals surface area contributed by atoms with Crippen LogP contribution in [0.5, 0.6) is 0 Å². The molecule has 0 radical (unpaired) electrons. The van der Waals surface area contributed by atoms with E-state index in [1.54, 1.807) is 36.5 Å². The molecule has 1 aromatic heterocycles. The van der Waals surface area contributed by atoms with Gasteiger partial charge in [0.15, 0.2) is 0 Å². The Bertz CT molecular complexity index is 736. The number of hydrogen-bond donors (Lipinski definition) is 3. The van der Waals surface area contributed by atoms with Gasteiger partial charge in [-0.05, 0) is 24.3 Å². The van der Waals surface area contributed by atoms with Gasteiger partial charge < -0.3 is 20.7 Å². The largest absolute Gasteiger partial charge is 0.369 e. The monoisotopic (exact) mass is 366 g/mol. The number of nitrogens with one attached hydrogen (secondary N) is 3. The van der Waals surface area contributed by atoms with Crippen molar-refractivity contribution in [3.63, 3.8) is 0 Å². The topological polar surface area (TPSA) is 75.3 Å². The molecule has 3 N–H and O–H groups in total. The van der Waals surface area contributed by atoms with E-state index in [0.717, 1.165) is 6.54 Å². The number of rotatable bonds is 3. The molecular formula is C16H16Cl2N4O2. The molecule has 8 heteroatoms. The van der Waals surface area contributed by atoms with Crippen molar-refractivity contribution in [1.82, 2.24) is 10.3 Å². The van der Waals surface area contributed by atoms with Crippen LogP contribution in [-0.2, 0) is 4.74 Å². The number of halogens is 2. The van der Waals surface area contributed by atoms with Crippen molar-refractivity contribution in [2.45, 2.75) is 6.10 Å². The first-order valence-corrected chi connectivity index (χ1v) is 8.19. The lowest BCUT2D eigenvalue weighted by molar-refractivity contribution is 0.0251. The number of morpholine rings is 1. The number of pyridine rings is 1. The molecule has 24 heavy (non-hydrogen) atoms. The number of anilines is 2. The average molecular weight is 367 g/mol. The van der Waals surface area contributed by atoms with Crippen LogP contribution in [0.1, 0.15) is 11.8 Å². The summed E-state index contributed by atoms with van der Waals surface area (Å²) in [6.45, 7) is 2.09. The molecule has 3 rings (SSSR count). The van der Waals surface area contributed by atoms with E-state index in [4.69, 9.17) is 27.9 Å². The molecule has 0 bridgehead atoms. The smallest absolute Gasteiger partial charge is 0.323 e. The highest BCUT2D eigenvalue weighted by Gasteiger charge is 2.20. The summed E-state index contributed by atoms with van der Waals surface area (Å²) >= 11 is 12.2. The third kappa shape index (κ3) is 4.36. The van der Waals surface area contributed by atoms with Crippen LogP contribution in [0.2, 0.25) is 10.0 Å². The van der Waals surface area contributed by atoms with Crippen molar-refractivity contribution in [2.24, 2.45) is 0 Å². The molecule has 0 saturated carbocycles. The Labute approximate surface area is 149 Å². The Hall–Kier alpha value is -1.86. The van der Waals surface area contributed by atoms with Crippen molar-refractivity contribution in [3.8, 4) is 0 Å². The summed E-state index contributed by atoms with van der Waals surface area (Å²) in [4.78, 5) is 16.3. The number of carbonyl (C=O) groups is 1. The molecule has 2 aromatic rings. The second kappa shape index (κ2) is 7.81. The Balaban J connectivity index is 1.64. The molecule has 0 aliphatic carbocycles. The summed E-state index contributed by atoms with van der Waals surface area (Å²) in [6, 6.07) is 8.13. The van der Waals surface area contributed by atoms with Gasteiger partial charge in [-0.3, -0.25) is 4.98 Å². The van der Waals surface area contributed by atoms with Crippen molar-refractivity contribution < 1.29 is 9.53 Å². The molecule has 6 nitrogen and oxygen atoms in total. The maximum atomic E-state index is 12.0. The van der Waals surface area contributed by atoms with Crippen LogP contribution in [0.25, 0.3) is 0 Å². The van der Waals surface area contributed by atoms with Gasteiger partial charge >= 0.3 is 6.03 Å². The number of hydrogen-bond acceptors (Lipinski definition) is 4. The van der Waals surface area contributed by atoms with Gasteiger partial charge in [0.2, 0.25) is 0 Å². The lowest BCUT2D eigenvalue weighted by atomic mass is 10.2. The molecule has 1 aromatic carbocycles. The van der Waals surface area contributed by atoms with E-state index >= 15 is 0 Å². The zero-order chi connectivity index (χ0) is 16.9. The van der Waals surface area contributed by atoms with Gasteiger partial charge in [-0.15, -0.1) is 0 Å². The summed E-state index contributed by atoms with van der Waals surface area (Å²) < 4.78 is 5.63. The number of ether oxygens (including phenoxy) is 1. The molecular weight excluding hydrogens is 351 g/mol. The molecule has 126 valence electrons. The van der Waals surface area contributed by atoms with Gasteiger partial charge in [0.1, 0.15) is 6.10 Å². The minimum absolute atomic E-state index is 0.180. The van der Waals surface area contributed by atoms with Crippen LogP contribution >= 0.6 is 23.2 Å². The first-order chi connectivity index (χ1) is 11.6. The summed E-state index contributed by atoms with van der Waals surface area (Å²) in [6.07, 6.45) is 1.37. The third-order valence-electron chi connectivity index (χ3n) is 3.44. The summed E-state index contributed by atoms with van der Waals surface area (Å²) in [7, 11) is 0.